The number of hydrogen-bond donors (Lipinski definition) is 0. The van der Waals surface area contributed by atoms with Crippen LogP contribution in [-0.4, -0.2) is 18.8 Å². The second kappa shape index (κ2) is 5.81. The van der Waals surface area contributed by atoms with E-state index in [-0.39, 0.29) is 5.97 Å². The first kappa shape index (κ1) is 12.1. The lowest BCUT2D eigenvalue weighted by Crippen LogP contribution is -2.03. The zero-order valence-electron chi connectivity index (χ0n) is 9.37. The molecule has 0 unspecified atom stereocenters. The SMILES string of the molecule is COC(=O)CSCc1cc(C)cc(C)c1. The molecule has 0 amide bonds. The number of methoxy groups -OCH3 is 1. The van der Waals surface area contributed by atoms with E-state index >= 15 is 0 Å². The van der Waals surface area contributed by atoms with Gasteiger partial charge in [-0.1, -0.05) is 29.3 Å². The molecule has 0 heterocycles. The van der Waals surface area contributed by atoms with Gasteiger partial charge in [0.15, 0.2) is 0 Å². The normalized spacial score (nSPS) is 10.1. The van der Waals surface area contributed by atoms with Crippen molar-refractivity contribution in [3.05, 3.63) is 34.9 Å². The van der Waals surface area contributed by atoms with Gasteiger partial charge in [-0.05, 0) is 19.4 Å². The topological polar surface area (TPSA) is 26.3 Å². The minimum Gasteiger partial charge on any atom is -0.468 e. The summed E-state index contributed by atoms with van der Waals surface area (Å²) in [6.45, 7) is 4.17. The third-order valence-electron chi connectivity index (χ3n) is 2.00. The van der Waals surface area contributed by atoms with Crippen molar-refractivity contribution in [1.82, 2.24) is 0 Å². The Balaban J connectivity index is 2.47. The van der Waals surface area contributed by atoms with E-state index in [4.69, 9.17) is 0 Å². The predicted molar refractivity (Wildman–Crippen MR) is 64.1 cm³/mol. The first-order valence-corrected chi connectivity index (χ1v) is 5.99. The third-order valence-corrected chi connectivity index (χ3v) is 2.98. The molecule has 1 aromatic rings. The first-order chi connectivity index (χ1) is 7.11. The van der Waals surface area contributed by atoms with E-state index in [9.17, 15) is 4.79 Å². The highest BCUT2D eigenvalue weighted by atomic mass is 32.2. The molecule has 1 aromatic carbocycles. The summed E-state index contributed by atoms with van der Waals surface area (Å²) in [7, 11) is 1.42. The molecular formula is C12H16O2S. The summed E-state index contributed by atoms with van der Waals surface area (Å²) in [5.41, 5.74) is 3.80. The van der Waals surface area contributed by atoms with Crippen molar-refractivity contribution >= 4 is 17.7 Å². The van der Waals surface area contributed by atoms with Crippen LogP contribution in [0, 0.1) is 13.8 Å². The maximum Gasteiger partial charge on any atom is 0.315 e. The van der Waals surface area contributed by atoms with Crippen molar-refractivity contribution in [3.63, 3.8) is 0 Å². The molecule has 2 nitrogen and oxygen atoms in total. The molecule has 0 aliphatic heterocycles. The Labute approximate surface area is 95.0 Å². The van der Waals surface area contributed by atoms with E-state index in [0.717, 1.165) is 5.75 Å². The summed E-state index contributed by atoms with van der Waals surface area (Å²) in [4.78, 5) is 10.9. The van der Waals surface area contributed by atoms with E-state index in [1.807, 2.05) is 0 Å². The molecule has 0 bridgehead atoms. The van der Waals surface area contributed by atoms with Crippen LogP contribution in [0.4, 0.5) is 0 Å². The van der Waals surface area contributed by atoms with Crippen molar-refractivity contribution in [2.24, 2.45) is 0 Å². The molecular weight excluding hydrogens is 208 g/mol. The maximum atomic E-state index is 10.9. The van der Waals surface area contributed by atoms with Gasteiger partial charge in [0.1, 0.15) is 0 Å². The molecule has 1 rings (SSSR count). The molecule has 0 N–H and O–H groups in total. The number of rotatable bonds is 4. The summed E-state index contributed by atoms with van der Waals surface area (Å²) < 4.78 is 4.58. The monoisotopic (exact) mass is 224 g/mol. The second-order valence-electron chi connectivity index (χ2n) is 3.56. The van der Waals surface area contributed by atoms with Crippen LogP contribution in [0.2, 0.25) is 0 Å². The summed E-state index contributed by atoms with van der Waals surface area (Å²) in [5, 5.41) is 0. The quantitative estimate of drug-likeness (QED) is 0.736. The van der Waals surface area contributed by atoms with Crippen LogP contribution in [0.3, 0.4) is 0 Å². The van der Waals surface area contributed by atoms with Crippen LogP contribution < -0.4 is 0 Å². The Hall–Kier alpha value is -0.960. The fourth-order valence-electron chi connectivity index (χ4n) is 1.46. The summed E-state index contributed by atoms with van der Waals surface area (Å²) in [6.07, 6.45) is 0. The van der Waals surface area contributed by atoms with Gasteiger partial charge in [0.05, 0.1) is 12.9 Å². The minimum atomic E-state index is -0.163. The van der Waals surface area contributed by atoms with Gasteiger partial charge in [-0.25, -0.2) is 0 Å². The molecule has 0 aliphatic rings. The Morgan fingerprint density at radius 2 is 1.87 bits per heavy atom. The molecule has 3 heteroatoms. The van der Waals surface area contributed by atoms with Crippen LogP contribution in [-0.2, 0) is 15.3 Å². The molecule has 0 radical (unpaired) electrons. The largest absolute Gasteiger partial charge is 0.468 e. The van der Waals surface area contributed by atoms with Crippen molar-refractivity contribution in [3.8, 4) is 0 Å². The van der Waals surface area contributed by atoms with E-state index in [1.165, 1.54) is 23.8 Å². The number of aryl methyl sites for hydroxylation is 2. The van der Waals surface area contributed by atoms with E-state index in [2.05, 4.69) is 36.8 Å². The highest BCUT2D eigenvalue weighted by Gasteiger charge is 2.01. The molecule has 0 aromatic heterocycles. The fourth-order valence-corrected chi connectivity index (χ4v) is 2.25. The summed E-state index contributed by atoms with van der Waals surface area (Å²) in [5.74, 6) is 1.12. The van der Waals surface area contributed by atoms with Gasteiger partial charge in [0.25, 0.3) is 0 Å². The number of esters is 1. The highest BCUT2D eigenvalue weighted by Crippen LogP contribution is 2.15. The van der Waals surface area contributed by atoms with Crippen LogP contribution in [0.15, 0.2) is 18.2 Å². The minimum absolute atomic E-state index is 0.163. The Morgan fingerprint density at radius 3 is 2.40 bits per heavy atom. The number of carbonyl (C=O) groups is 1. The highest BCUT2D eigenvalue weighted by molar-refractivity contribution is 7.99. The van der Waals surface area contributed by atoms with Gasteiger partial charge < -0.3 is 4.74 Å². The molecule has 15 heavy (non-hydrogen) atoms. The molecule has 0 atom stereocenters. The lowest BCUT2D eigenvalue weighted by atomic mass is 10.1. The Kier molecular flexibility index (Phi) is 4.69. The Bertz CT molecular complexity index is 327. The number of benzene rings is 1. The molecule has 0 saturated heterocycles. The third kappa shape index (κ3) is 4.38. The van der Waals surface area contributed by atoms with E-state index in [0.29, 0.717) is 5.75 Å². The Morgan fingerprint density at radius 1 is 1.27 bits per heavy atom. The number of ether oxygens (including phenoxy) is 1. The van der Waals surface area contributed by atoms with Gasteiger partial charge in [0.2, 0.25) is 0 Å². The number of thioether (sulfide) groups is 1. The zero-order chi connectivity index (χ0) is 11.3. The predicted octanol–water partition coefficient (Wildman–Crippen LogP) is 2.71. The van der Waals surface area contributed by atoms with Crippen LogP contribution in [0.1, 0.15) is 16.7 Å². The lowest BCUT2D eigenvalue weighted by molar-refractivity contribution is -0.137. The average molecular weight is 224 g/mol. The standard InChI is InChI=1S/C12H16O2S/c1-9-4-10(2)6-11(5-9)7-15-8-12(13)14-3/h4-6H,7-8H2,1-3H3. The molecule has 0 saturated carbocycles. The second-order valence-corrected chi connectivity index (χ2v) is 4.55. The van der Waals surface area contributed by atoms with Crippen molar-refractivity contribution in [2.75, 3.05) is 12.9 Å². The van der Waals surface area contributed by atoms with Crippen LogP contribution in [0.25, 0.3) is 0 Å². The molecule has 0 aliphatic carbocycles. The van der Waals surface area contributed by atoms with Crippen molar-refractivity contribution in [2.45, 2.75) is 19.6 Å². The van der Waals surface area contributed by atoms with Gasteiger partial charge >= 0.3 is 5.97 Å². The van der Waals surface area contributed by atoms with Crippen LogP contribution in [0.5, 0.6) is 0 Å². The van der Waals surface area contributed by atoms with Crippen molar-refractivity contribution < 1.29 is 9.53 Å². The average Bonchev–Trinajstić information content (AvgIpc) is 2.16. The van der Waals surface area contributed by atoms with Gasteiger partial charge in [0, 0.05) is 5.75 Å². The summed E-state index contributed by atoms with van der Waals surface area (Å²) >= 11 is 1.58. The van der Waals surface area contributed by atoms with E-state index < -0.39 is 0 Å². The number of hydrogen-bond acceptors (Lipinski definition) is 3. The number of carbonyl (C=O) groups excluding carboxylic acids is 1. The lowest BCUT2D eigenvalue weighted by Gasteiger charge is -2.04. The van der Waals surface area contributed by atoms with Gasteiger partial charge in [-0.3, -0.25) is 4.79 Å². The zero-order valence-corrected chi connectivity index (χ0v) is 10.2. The first-order valence-electron chi connectivity index (χ1n) is 4.83. The smallest absolute Gasteiger partial charge is 0.315 e. The summed E-state index contributed by atoms with van der Waals surface area (Å²) in [6, 6.07) is 6.45. The van der Waals surface area contributed by atoms with E-state index in [1.54, 1.807) is 11.8 Å². The van der Waals surface area contributed by atoms with Crippen molar-refractivity contribution in [1.29, 1.82) is 0 Å². The molecule has 0 spiro atoms. The fraction of sp³-hybridized carbons (Fsp3) is 0.417. The van der Waals surface area contributed by atoms with Gasteiger partial charge in [-0.15, -0.1) is 11.8 Å². The molecule has 0 fully saturated rings. The van der Waals surface area contributed by atoms with Gasteiger partial charge in [-0.2, -0.15) is 0 Å². The molecule has 82 valence electrons. The maximum absolute atomic E-state index is 10.9. The van der Waals surface area contributed by atoms with Crippen LogP contribution >= 0.6 is 11.8 Å².